The molecule has 0 amide bonds. The normalized spacial score (nSPS) is 27.9. The molecule has 1 saturated carbocycles. The van der Waals surface area contributed by atoms with E-state index in [2.05, 4.69) is 30.8 Å². The van der Waals surface area contributed by atoms with Crippen LogP contribution in [0.4, 0.5) is 0 Å². The lowest BCUT2D eigenvalue weighted by Gasteiger charge is -2.19. The summed E-state index contributed by atoms with van der Waals surface area (Å²) in [7, 11) is -3.13. The van der Waals surface area contributed by atoms with Crippen LogP contribution in [0.15, 0.2) is 0 Å². The molecule has 4 nitrogen and oxygen atoms in total. The highest BCUT2D eigenvalue weighted by Crippen LogP contribution is 2.40. The second-order valence-electron chi connectivity index (χ2n) is 6.70. The molecule has 0 aromatic heterocycles. The maximum absolute atomic E-state index is 11.7. The molecule has 5 heteroatoms. The van der Waals surface area contributed by atoms with Crippen molar-refractivity contribution in [2.45, 2.75) is 59.5 Å². The minimum atomic E-state index is -3.13. The Kier molecular flexibility index (Phi) is 5.21. The van der Waals surface area contributed by atoms with Gasteiger partial charge in [0.2, 0.25) is 10.0 Å². The maximum atomic E-state index is 11.7. The molecule has 2 N–H and O–H groups in total. The third kappa shape index (κ3) is 5.24. The molecular weight excluding hydrogens is 248 g/mol. The third-order valence-corrected chi connectivity index (χ3v) is 5.10. The molecule has 0 spiro atoms. The SMILES string of the molecule is CC(C)NS(=O)(=O)CCN[C@H]1CC(C)(C)C[C@H]1C. The van der Waals surface area contributed by atoms with Gasteiger partial charge < -0.3 is 5.32 Å². The van der Waals surface area contributed by atoms with E-state index in [1.807, 2.05) is 13.8 Å². The van der Waals surface area contributed by atoms with E-state index >= 15 is 0 Å². The Labute approximate surface area is 112 Å². The fourth-order valence-corrected chi connectivity index (χ4v) is 4.19. The first-order valence-corrected chi connectivity index (χ1v) is 8.50. The lowest BCUT2D eigenvalue weighted by atomic mass is 9.91. The number of rotatable bonds is 6. The Balaban J connectivity index is 2.35. The first kappa shape index (κ1) is 15.9. The van der Waals surface area contributed by atoms with Gasteiger partial charge in [0.1, 0.15) is 0 Å². The second-order valence-corrected chi connectivity index (χ2v) is 8.58. The number of sulfonamides is 1. The van der Waals surface area contributed by atoms with Crippen molar-refractivity contribution in [3.05, 3.63) is 0 Å². The summed E-state index contributed by atoms with van der Waals surface area (Å²) in [6.45, 7) is 11.0. The zero-order chi connectivity index (χ0) is 14.0. The van der Waals surface area contributed by atoms with Crippen molar-refractivity contribution in [2.75, 3.05) is 12.3 Å². The van der Waals surface area contributed by atoms with E-state index in [4.69, 9.17) is 0 Å². The van der Waals surface area contributed by atoms with Crippen LogP contribution in [0.1, 0.15) is 47.5 Å². The number of nitrogens with one attached hydrogen (secondary N) is 2. The van der Waals surface area contributed by atoms with Crippen LogP contribution < -0.4 is 10.0 Å². The predicted octanol–water partition coefficient (Wildman–Crippen LogP) is 1.73. The molecule has 0 unspecified atom stereocenters. The Hall–Kier alpha value is -0.130. The lowest BCUT2D eigenvalue weighted by molar-refractivity contribution is 0.363. The standard InChI is InChI=1S/C13H28N2O2S/c1-10(2)15-18(16,17)7-6-14-12-9-13(4,5)8-11(12)3/h10-12,14-15H,6-9H2,1-5H3/t11-,12+/m1/s1. The summed E-state index contributed by atoms with van der Waals surface area (Å²) < 4.78 is 25.9. The van der Waals surface area contributed by atoms with Gasteiger partial charge in [-0.25, -0.2) is 13.1 Å². The van der Waals surface area contributed by atoms with Gasteiger partial charge in [0.05, 0.1) is 5.75 Å². The Morgan fingerprint density at radius 2 is 1.89 bits per heavy atom. The molecule has 0 radical (unpaired) electrons. The molecule has 0 saturated heterocycles. The molecule has 108 valence electrons. The zero-order valence-corrected chi connectivity index (χ0v) is 13.1. The molecule has 1 aliphatic rings. The van der Waals surface area contributed by atoms with E-state index < -0.39 is 10.0 Å². The molecule has 18 heavy (non-hydrogen) atoms. The Morgan fingerprint density at radius 1 is 1.28 bits per heavy atom. The molecule has 0 heterocycles. The summed E-state index contributed by atoms with van der Waals surface area (Å²) in [5.74, 6) is 0.787. The van der Waals surface area contributed by atoms with Crippen molar-refractivity contribution >= 4 is 10.0 Å². The van der Waals surface area contributed by atoms with Gasteiger partial charge in [0.25, 0.3) is 0 Å². The van der Waals surface area contributed by atoms with Crippen molar-refractivity contribution < 1.29 is 8.42 Å². The van der Waals surface area contributed by atoms with Crippen LogP contribution in [-0.4, -0.2) is 32.8 Å². The van der Waals surface area contributed by atoms with E-state index in [-0.39, 0.29) is 11.8 Å². The van der Waals surface area contributed by atoms with Gasteiger partial charge in [-0.05, 0) is 38.0 Å². The smallest absolute Gasteiger partial charge is 0.213 e. The highest BCUT2D eigenvalue weighted by molar-refractivity contribution is 7.89. The molecule has 1 rings (SSSR count). The van der Waals surface area contributed by atoms with Gasteiger partial charge in [-0.3, -0.25) is 0 Å². The van der Waals surface area contributed by atoms with E-state index in [1.165, 1.54) is 6.42 Å². The highest BCUT2D eigenvalue weighted by Gasteiger charge is 2.36. The minimum Gasteiger partial charge on any atom is -0.313 e. The van der Waals surface area contributed by atoms with Crippen LogP contribution in [0.2, 0.25) is 0 Å². The van der Waals surface area contributed by atoms with Crippen molar-refractivity contribution in [3.63, 3.8) is 0 Å². The quantitative estimate of drug-likeness (QED) is 0.777. The molecule has 1 aliphatic carbocycles. The monoisotopic (exact) mass is 276 g/mol. The molecule has 1 fully saturated rings. The fraction of sp³-hybridized carbons (Fsp3) is 1.00. The zero-order valence-electron chi connectivity index (χ0n) is 12.3. The molecule has 0 aliphatic heterocycles. The van der Waals surface area contributed by atoms with Gasteiger partial charge in [0.15, 0.2) is 0 Å². The lowest BCUT2D eigenvalue weighted by Crippen LogP contribution is -2.39. The molecular formula is C13H28N2O2S. The van der Waals surface area contributed by atoms with Crippen LogP contribution in [0.25, 0.3) is 0 Å². The van der Waals surface area contributed by atoms with Gasteiger partial charge >= 0.3 is 0 Å². The fourth-order valence-electron chi connectivity index (χ4n) is 2.96. The average Bonchev–Trinajstić information content (AvgIpc) is 2.36. The second kappa shape index (κ2) is 5.88. The summed E-state index contributed by atoms with van der Waals surface area (Å²) in [5, 5.41) is 3.40. The van der Waals surface area contributed by atoms with Crippen LogP contribution >= 0.6 is 0 Å². The average molecular weight is 276 g/mol. The van der Waals surface area contributed by atoms with Gasteiger partial charge in [-0.1, -0.05) is 20.8 Å². The number of hydrogen-bond donors (Lipinski definition) is 2. The summed E-state index contributed by atoms with van der Waals surface area (Å²) in [4.78, 5) is 0. The Bertz CT molecular complexity index is 363. The number of hydrogen-bond acceptors (Lipinski definition) is 3. The molecule has 0 aromatic rings. The van der Waals surface area contributed by atoms with Crippen LogP contribution in [0.3, 0.4) is 0 Å². The topological polar surface area (TPSA) is 58.2 Å². The maximum Gasteiger partial charge on any atom is 0.213 e. The van der Waals surface area contributed by atoms with Gasteiger partial charge in [-0.2, -0.15) is 0 Å². The van der Waals surface area contributed by atoms with Crippen molar-refractivity contribution in [3.8, 4) is 0 Å². The van der Waals surface area contributed by atoms with Gasteiger partial charge in [-0.15, -0.1) is 0 Å². The van der Waals surface area contributed by atoms with Gasteiger partial charge in [0, 0.05) is 18.6 Å². The first-order chi connectivity index (χ1) is 8.11. The first-order valence-electron chi connectivity index (χ1n) is 6.85. The largest absolute Gasteiger partial charge is 0.313 e. The third-order valence-electron chi connectivity index (χ3n) is 3.53. The van der Waals surface area contributed by atoms with Crippen molar-refractivity contribution in [1.29, 1.82) is 0 Å². The summed E-state index contributed by atoms with van der Waals surface area (Å²) in [6, 6.07) is 0.425. The van der Waals surface area contributed by atoms with Crippen LogP contribution in [0.5, 0.6) is 0 Å². The van der Waals surface area contributed by atoms with E-state index in [9.17, 15) is 8.42 Å². The van der Waals surface area contributed by atoms with Crippen molar-refractivity contribution in [2.24, 2.45) is 11.3 Å². The van der Waals surface area contributed by atoms with E-state index in [0.717, 1.165) is 6.42 Å². The summed E-state index contributed by atoms with van der Waals surface area (Å²) in [5.41, 5.74) is 0.381. The summed E-state index contributed by atoms with van der Waals surface area (Å²) >= 11 is 0. The summed E-state index contributed by atoms with van der Waals surface area (Å²) in [6.07, 6.45) is 2.34. The highest BCUT2D eigenvalue weighted by atomic mass is 32.2. The van der Waals surface area contributed by atoms with Crippen LogP contribution in [0, 0.1) is 11.3 Å². The van der Waals surface area contributed by atoms with E-state index in [1.54, 1.807) is 0 Å². The van der Waals surface area contributed by atoms with E-state index in [0.29, 0.717) is 23.9 Å². The molecule has 0 bridgehead atoms. The Morgan fingerprint density at radius 3 is 2.33 bits per heavy atom. The molecule has 2 atom stereocenters. The molecule has 0 aromatic carbocycles. The van der Waals surface area contributed by atoms with Crippen molar-refractivity contribution in [1.82, 2.24) is 10.0 Å². The predicted molar refractivity (Wildman–Crippen MR) is 76.0 cm³/mol. The minimum absolute atomic E-state index is 0.0284. The van der Waals surface area contributed by atoms with Crippen LogP contribution in [-0.2, 0) is 10.0 Å².